The number of amides is 2. The summed E-state index contributed by atoms with van der Waals surface area (Å²) in [7, 11) is 0. The van der Waals surface area contributed by atoms with Crippen LogP contribution < -0.4 is 10.6 Å². The molecule has 3 heterocycles. The summed E-state index contributed by atoms with van der Waals surface area (Å²) in [6.07, 6.45) is 6.11. The predicted octanol–water partition coefficient (Wildman–Crippen LogP) is 3.09. The molecule has 1 aromatic heterocycles. The molecule has 0 radical (unpaired) electrons. The Morgan fingerprint density at radius 3 is 2.51 bits per heavy atom. The Hall–Kier alpha value is -3.23. The van der Waals surface area contributed by atoms with Crippen LogP contribution >= 0.6 is 0 Å². The van der Waals surface area contributed by atoms with Crippen LogP contribution in [0.5, 0.6) is 0 Å². The minimum Gasteiger partial charge on any atom is -0.336 e. The molecule has 2 saturated heterocycles. The molecule has 1 aliphatic carbocycles. The van der Waals surface area contributed by atoms with Gasteiger partial charge in [0.1, 0.15) is 12.1 Å². The van der Waals surface area contributed by atoms with E-state index in [1.807, 2.05) is 39.9 Å². The number of nitrogens with zero attached hydrogens (tertiary/aromatic N) is 3. The highest BCUT2D eigenvalue weighted by molar-refractivity contribution is 5.98. The zero-order valence-corrected chi connectivity index (χ0v) is 19.6. The Morgan fingerprint density at radius 1 is 0.943 bits per heavy atom. The van der Waals surface area contributed by atoms with Crippen molar-refractivity contribution >= 4 is 22.7 Å². The molecule has 3 unspecified atom stereocenters. The van der Waals surface area contributed by atoms with Crippen LogP contribution in [0.3, 0.4) is 0 Å². The second kappa shape index (κ2) is 9.09. The van der Waals surface area contributed by atoms with Crippen LogP contribution in [0, 0.1) is 11.7 Å². The average Bonchev–Trinajstić information content (AvgIpc) is 3.32. The largest absolute Gasteiger partial charge is 0.336 e. The van der Waals surface area contributed by atoms with Gasteiger partial charge >= 0.3 is 0 Å². The lowest BCUT2D eigenvalue weighted by Crippen LogP contribution is -2.69. The quantitative estimate of drug-likeness (QED) is 0.611. The van der Waals surface area contributed by atoms with Gasteiger partial charge in [0.25, 0.3) is 5.91 Å². The molecule has 1 saturated carbocycles. The molecule has 2 amide bonds. The molecule has 0 spiro atoms. The summed E-state index contributed by atoms with van der Waals surface area (Å²) in [6, 6.07) is 14.3. The molecule has 7 nitrogen and oxygen atoms in total. The summed E-state index contributed by atoms with van der Waals surface area (Å²) >= 11 is 0. The summed E-state index contributed by atoms with van der Waals surface area (Å²) in [5.41, 5.74) is 2.51. The van der Waals surface area contributed by atoms with Gasteiger partial charge < -0.3 is 14.8 Å². The van der Waals surface area contributed by atoms with Crippen molar-refractivity contribution in [2.45, 2.75) is 38.0 Å². The second-order valence-electron chi connectivity index (χ2n) is 9.84. The van der Waals surface area contributed by atoms with Gasteiger partial charge in [-0.15, -0.1) is 0 Å². The molecule has 2 N–H and O–H groups in total. The first-order chi connectivity index (χ1) is 17.1. The number of halogens is 1. The summed E-state index contributed by atoms with van der Waals surface area (Å²) in [5.74, 6) is 0.0145. The minimum absolute atomic E-state index is 0.0223. The van der Waals surface area contributed by atoms with E-state index in [1.54, 1.807) is 12.1 Å². The number of piperazine rings is 1. The van der Waals surface area contributed by atoms with E-state index in [1.165, 1.54) is 18.6 Å². The van der Waals surface area contributed by atoms with Gasteiger partial charge in [-0.1, -0.05) is 12.8 Å². The van der Waals surface area contributed by atoms with E-state index in [9.17, 15) is 14.0 Å². The summed E-state index contributed by atoms with van der Waals surface area (Å²) in [6.45, 7) is 2.67. The normalized spacial score (nSPS) is 25.3. The van der Waals surface area contributed by atoms with Crippen molar-refractivity contribution in [1.82, 2.24) is 25.0 Å². The van der Waals surface area contributed by atoms with Gasteiger partial charge in [0.05, 0.1) is 11.4 Å². The van der Waals surface area contributed by atoms with Crippen LogP contribution in [0.4, 0.5) is 4.39 Å². The third-order valence-electron chi connectivity index (χ3n) is 7.76. The van der Waals surface area contributed by atoms with Gasteiger partial charge in [0.2, 0.25) is 5.91 Å². The summed E-state index contributed by atoms with van der Waals surface area (Å²) < 4.78 is 15.3. The third kappa shape index (κ3) is 4.21. The van der Waals surface area contributed by atoms with Crippen molar-refractivity contribution in [3.8, 4) is 5.69 Å². The fraction of sp³-hybridized carbons (Fsp3) is 0.407. The Morgan fingerprint density at radius 2 is 1.71 bits per heavy atom. The number of hydrogen-bond donors (Lipinski definition) is 2. The number of carbonyl (C=O) groups is 2. The van der Waals surface area contributed by atoms with Crippen LogP contribution in [-0.2, 0) is 4.79 Å². The lowest BCUT2D eigenvalue weighted by molar-refractivity contribution is -0.134. The molecule has 3 aromatic rings. The highest BCUT2D eigenvalue weighted by Gasteiger charge is 2.40. The molecule has 8 heteroatoms. The van der Waals surface area contributed by atoms with E-state index in [-0.39, 0.29) is 35.9 Å². The van der Waals surface area contributed by atoms with Crippen LogP contribution in [0.25, 0.3) is 16.6 Å². The van der Waals surface area contributed by atoms with Crippen LogP contribution in [0.2, 0.25) is 0 Å². The molecule has 2 aliphatic heterocycles. The summed E-state index contributed by atoms with van der Waals surface area (Å²) in [5, 5.41) is 7.75. The Labute approximate surface area is 203 Å². The first-order valence-electron chi connectivity index (χ1n) is 12.5. The van der Waals surface area contributed by atoms with Gasteiger partial charge in [0, 0.05) is 55.1 Å². The number of carbonyl (C=O) groups excluding carboxylic acids is 2. The number of nitrogens with one attached hydrogen (secondary N) is 2. The van der Waals surface area contributed by atoms with Crippen LogP contribution in [0.1, 0.15) is 36.0 Å². The van der Waals surface area contributed by atoms with Crippen molar-refractivity contribution in [1.29, 1.82) is 0 Å². The van der Waals surface area contributed by atoms with Crippen molar-refractivity contribution < 1.29 is 14.0 Å². The fourth-order valence-corrected chi connectivity index (χ4v) is 5.80. The maximum Gasteiger partial charge on any atom is 0.253 e. The standard InChI is InChI=1S/C27H30FN5O2/c28-20-6-8-21(9-7-20)33-12-11-18-17-19(5-10-24(18)33)26(35)31-13-15-32(16-14-31)27-29-23-4-2-1-3-22(23)25(34)30-27/h5-12,17,22-23,27,29H,1-4,13-16H2,(H,30,34). The van der Waals surface area contributed by atoms with Gasteiger partial charge in [0.15, 0.2) is 0 Å². The van der Waals surface area contributed by atoms with Crippen molar-refractivity contribution in [3.63, 3.8) is 0 Å². The molecular weight excluding hydrogens is 445 g/mol. The zero-order valence-electron chi connectivity index (χ0n) is 19.6. The average molecular weight is 476 g/mol. The smallest absolute Gasteiger partial charge is 0.253 e. The second-order valence-corrected chi connectivity index (χ2v) is 9.84. The molecule has 3 atom stereocenters. The molecule has 6 rings (SSSR count). The number of rotatable bonds is 3. The van der Waals surface area contributed by atoms with Crippen LogP contribution in [-0.4, -0.2) is 64.7 Å². The first kappa shape index (κ1) is 22.2. The number of benzene rings is 2. The van der Waals surface area contributed by atoms with Gasteiger partial charge in [-0.25, -0.2) is 4.39 Å². The molecule has 35 heavy (non-hydrogen) atoms. The van der Waals surface area contributed by atoms with E-state index in [4.69, 9.17) is 0 Å². The van der Waals surface area contributed by atoms with Crippen molar-refractivity contribution in [3.05, 3.63) is 66.1 Å². The molecule has 2 aromatic carbocycles. The fourth-order valence-electron chi connectivity index (χ4n) is 5.80. The lowest BCUT2D eigenvalue weighted by Gasteiger charge is -2.46. The molecular formula is C27H30FN5O2. The van der Waals surface area contributed by atoms with Crippen molar-refractivity contribution in [2.75, 3.05) is 26.2 Å². The third-order valence-corrected chi connectivity index (χ3v) is 7.76. The van der Waals surface area contributed by atoms with E-state index in [0.717, 1.165) is 35.9 Å². The highest BCUT2D eigenvalue weighted by atomic mass is 19.1. The van der Waals surface area contributed by atoms with E-state index >= 15 is 0 Å². The molecule has 3 aliphatic rings. The lowest BCUT2D eigenvalue weighted by atomic mass is 9.82. The highest BCUT2D eigenvalue weighted by Crippen LogP contribution is 2.28. The van der Waals surface area contributed by atoms with Gasteiger partial charge in [-0.05, 0) is 61.4 Å². The maximum atomic E-state index is 13.3. The first-order valence-corrected chi connectivity index (χ1v) is 12.5. The van der Waals surface area contributed by atoms with E-state index in [2.05, 4.69) is 15.5 Å². The van der Waals surface area contributed by atoms with Crippen LogP contribution in [0.15, 0.2) is 54.7 Å². The Bertz CT molecular complexity index is 1250. The number of aromatic nitrogens is 1. The van der Waals surface area contributed by atoms with E-state index < -0.39 is 0 Å². The molecule has 3 fully saturated rings. The van der Waals surface area contributed by atoms with Gasteiger partial charge in [-0.2, -0.15) is 0 Å². The topological polar surface area (TPSA) is 69.6 Å². The Balaban J connectivity index is 1.11. The monoisotopic (exact) mass is 475 g/mol. The molecule has 182 valence electrons. The van der Waals surface area contributed by atoms with Gasteiger partial charge in [-0.3, -0.25) is 19.8 Å². The minimum atomic E-state index is -0.266. The zero-order chi connectivity index (χ0) is 23.9. The molecule has 0 bridgehead atoms. The predicted molar refractivity (Wildman–Crippen MR) is 132 cm³/mol. The Kier molecular flexibility index (Phi) is 5.78. The maximum absolute atomic E-state index is 13.3. The SMILES string of the molecule is O=C1NC(N2CCN(C(=O)c3ccc4c(ccn4-c4ccc(F)cc4)c3)CC2)NC2CCCCC12. The van der Waals surface area contributed by atoms with E-state index in [0.29, 0.717) is 31.7 Å². The number of fused-ring (bicyclic) bond motifs is 2. The summed E-state index contributed by atoms with van der Waals surface area (Å²) in [4.78, 5) is 30.0. The van der Waals surface area contributed by atoms with Crippen molar-refractivity contribution in [2.24, 2.45) is 5.92 Å². The number of hydrogen-bond acceptors (Lipinski definition) is 4.